The first-order chi connectivity index (χ1) is 51.9. The molecule has 0 unspecified atom stereocenters. The number of halogens is 6. The Labute approximate surface area is 624 Å². The van der Waals surface area contributed by atoms with Crippen LogP contribution in [0, 0.1) is 17.5 Å². The number of aromatic nitrogens is 12. The van der Waals surface area contributed by atoms with Crippen LogP contribution in [0.3, 0.4) is 0 Å². The number of piperidine rings is 2. The number of amides is 2. The average Bonchev–Trinajstić information content (AvgIpc) is 1.54. The van der Waals surface area contributed by atoms with Crippen LogP contribution in [-0.2, 0) is 19.6 Å². The molecule has 6 aromatic carbocycles. The van der Waals surface area contributed by atoms with Crippen molar-refractivity contribution in [1.29, 1.82) is 0 Å². The fraction of sp³-hybridized carbons (Fsp3) is 0.165. The molecule has 28 heteroatoms. The number of aliphatic hydroxyl groups is 2. The van der Waals surface area contributed by atoms with Gasteiger partial charge in [0.1, 0.15) is 51.5 Å². The van der Waals surface area contributed by atoms with E-state index in [9.17, 15) is 32.7 Å². The van der Waals surface area contributed by atoms with Crippen LogP contribution >= 0.6 is 34.8 Å². The Kier molecular flexibility index (Phi) is 23.4. The largest absolute Gasteiger partial charge is 0.393 e. The lowest BCUT2D eigenvalue weighted by Crippen LogP contribution is -2.36. The molecule has 11 heterocycles. The van der Waals surface area contributed by atoms with Gasteiger partial charge >= 0.3 is 0 Å². The number of fused-ring (bicyclic) bond motifs is 6. The first kappa shape index (κ1) is 73.6. The van der Waals surface area contributed by atoms with Gasteiger partial charge in [0.15, 0.2) is 16.1 Å². The minimum absolute atomic E-state index is 0.0266. The van der Waals surface area contributed by atoms with Crippen LogP contribution < -0.4 is 26.6 Å². The van der Waals surface area contributed by atoms with E-state index in [1.165, 1.54) is 36.4 Å². The highest BCUT2D eigenvalue weighted by Gasteiger charge is 2.24. The van der Waals surface area contributed by atoms with Crippen LogP contribution in [0.1, 0.15) is 73.4 Å². The predicted molar refractivity (Wildman–Crippen MR) is 406 cm³/mol. The van der Waals surface area contributed by atoms with E-state index in [1.807, 2.05) is 86.8 Å². The summed E-state index contributed by atoms with van der Waals surface area (Å²) in [5, 5.41) is 27.7. The summed E-state index contributed by atoms with van der Waals surface area (Å²) in [5.41, 5.74) is 19.3. The van der Waals surface area contributed by atoms with Crippen LogP contribution in [-0.4, -0.2) is 124 Å². The third-order valence-electron chi connectivity index (χ3n) is 17.6. The molecule has 0 atom stereocenters. The molecule has 17 rings (SSSR count). The number of nitrogens with zero attached hydrogens (tertiary/aromatic N) is 13. The lowest BCUT2D eigenvalue weighted by molar-refractivity contribution is 0.0943. The topological polar surface area (TPSA) is 286 Å². The highest BCUT2D eigenvalue weighted by atomic mass is 35.5. The molecule has 0 bridgehead atoms. The quantitative estimate of drug-likeness (QED) is 0.0620. The summed E-state index contributed by atoms with van der Waals surface area (Å²) in [6.45, 7) is 4.60. The Balaban J connectivity index is 0.000000129. The number of rotatable bonds is 12. The normalized spacial score (nSPS) is 13.1. The Bertz CT molecular complexity index is 5680. The van der Waals surface area contributed by atoms with E-state index in [1.54, 1.807) is 110 Å². The maximum absolute atomic E-state index is 13.6. The fourth-order valence-electron chi connectivity index (χ4n) is 11.8. The maximum atomic E-state index is 13.6. The molecule has 107 heavy (non-hydrogen) atoms. The average molecular weight is 1500 g/mol. The van der Waals surface area contributed by atoms with E-state index < -0.39 is 5.24 Å². The SMILES string of the molecule is NCc1ccc2nccn2c1.O=C(Cl)c1ccc2nc(Cl)c(-c3ccc(F)cc3)nc2c1.O=C(NCc1ccc2nccn2c1)c1ccc2nc(Cl)c(-c3ccc(F)cc3)nc2c1.O=C(NCc1ccc2nccn2c1)c1ccc2nc(N3CCC(O)CC3)c(-c3ccc(F)cc3)nc2c1.OC1CCNCC1. The minimum Gasteiger partial charge on any atom is -0.393 e. The molecule has 0 aliphatic carbocycles. The highest BCUT2D eigenvalue weighted by Crippen LogP contribution is 2.34. The molecule has 9 aromatic heterocycles. The lowest BCUT2D eigenvalue weighted by Gasteiger charge is -2.31. The van der Waals surface area contributed by atoms with E-state index in [2.05, 4.69) is 55.7 Å². The van der Waals surface area contributed by atoms with Crippen LogP contribution in [0.15, 0.2) is 220 Å². The predicted octanol–water partition coefficient (Wildman–Crippen LogP) is 13.6. The highest BCUT2D eigenvalue weighted by molar-refractivity contribution is 6.67. The number of nitrogens with two attached hydrogens (primary N) is 1. The molecule has 2 aliphatic heterocycles. The standard InChI is InChI=1S/C28H25FN6O2.C23H15ClFN5O.C15H7Cl2FN2O.C8H9N3.C5H11NO/c29-21-5-2-19(3-6-21)26-27(34-12-9-22(36)10-13-34)33-23-7-4-20(15-24(23)32-26)28(37)31-16-18-1-8-25-30-11-14-35(25)17-18;24-22-21(15-2-5-17(25)6-3-15)28-19-11-16(4-7-18(19)29-22)23(31)27-12-14-1-8-20-26-9-10-30(20)13-14;16-14-13(8-1-4-10(18)5-2-8)19-12-7-9(15(17)21)3-6-11(12)20-14;9-5-7-1-2-8-10-3-4-11(8)6-7;7-5-1-3-6-4-2-5/h1-8,11,14-15,17,22,36H,9-10,12-13,16H2,(H,31,37);1-11,13H,12H2,(H,27,31);1-7H;1-4,6H,5,9H2;5-7H,1-4H2. The Hall–Kier alpha value is -11.7. The second-order valence-electron chi connectivity index (χ2n) is 25.0. The van der Waals surface area contributed by atoms with Crippen molar-refractivity contribution in [2.24, 2.45) is 5.73 Å². The Morgan fingerprint density at radius 3 is 1.24 bits per heavy atom. The van der Waals surface area contributed by atoms with Crippen molar-refractivity contribution >= 4 is 108 Å². The van der Waals surface area contributed by atoms with Crippen molar-refractivity contribution in [3.8, 4) is 33.8 Å². The molecule has 2 aliphatic rings. The van der Waals surface area contributed by atoms with E-state index in [4.69, 9.17) is 55.6 Å². The van der Waals surface area contributed by atoms with Crippen molar-refractivity contribution in [3.63, 3.8) is 0 Å². The number of hydrogen-bond acceptors (Lipinski definition) is 17. The number of benzene rings is 6. The van der Waals surface area contributed by atoms with E-state index >= 15 is 0 Å². The summed E-state index contributed by atoms with van der Waals surface area (Å²) in [7, 11) is 0. The van der Waals surface area contributed by atoms with E-state index in [0.29, 0.717) is 129 Å². The molecule has 2 fully saturated rings. The van der Waals surface area contributed by atoms with Crippen LogP contribution in [0.4, 0.5) is 19.0 Å². The zero-order chi connectivity index (χ0) is 74.5. The Morgan fingerprint density at radius 1 is 0.458 bits per heavy atom. The monoisotopic (exact) mass is 1500 g/mol. The van der Waals surface area contributed by atoms with Crippen molar-refractivity contribution in [3.05, 3.63) is 281 Å². The van der Waals surface area contributed by atoms with Crippen LogP contribution in [0.5, 0.6) is 0 Å². The zero-order valence-electron chi connectivity index (χ0n) is 57.0. The summed E-state index contributed by atoms with van der Waals surface area (Å²) in [6.07, 6.45) is 19.5. The summed E-state index contributed by atoms with van der Waals surface area (Å²) in [5.74, 6) is -0.776. The van der Waals surface area contributed by atoms with E-state index in [-0.39, 0.29) is 51.8 Å². The molecule has 2 amide bonds. The molecule has 0 spiro atoms. The third-order valence-corrected chi connectivity index (χ3v) is 18.3. The number of aliphatic hydroxyl groups excluding tert-OH is 2. The third kappa shape index (κ3) is 18.5. The van der Waals surface area contributed by atoms with Crippen molar-refractivity contribution in [2.45, 2.75) is 57.5 Å². The number of carbonyl (C=O) groups excluding carboxylic acids is 3. The van der Waals surface area contributed by atoms with Crippen LogP contribution in [0.2, 0.25) is 10.3 Å². The molecule has 0 radical (unpaired) electrons. The molecule has 0 saturated carbocycles. The smallest absolute Gasteiger partial charge is 0.252 e. The minimum atomic E-state index is -0.572. The number of anilines is 1. The van der Waals surface area contributed by atoms with Crippen LogP contribution in [0.25, 0.3) is 83.8 Å². The summed E-state index contributed by atoms with van der Waals surface area (Å²) in [6, 6.07) is 44.4. The summed E-state index contributed by atoms with van der Waals surface area (Å²) >= 11 is 17.9. The molecule has 540 valence electrons. The van der Waals surface area contributed by atoms with Gasteiger partial charge in [-0.05, 0) is 213 Å². The van der Waals surface area contributed by atoms with Gasteiger partial charge in [-0.2, -0.15) is 0 Å². The number of nitrogens with one attached hydrogen (secondary N) is 3. The molecule has 15 aromatic rings. The van der Waals surface area contributed by atoms with Gasteiger partial charge in [0.2, 0.25) is 0 Å². The van der Waals surface area contributed by atoms with Gasteiger partial charge in [0.25, 0.3) is 17.1 Å². The Morgan fingerprint density at radius 2 is 0.832 bits per heavy atom. The second-order valence-corrected chi connectivity index (χ2v) is 26.0. The lowest BCUT2D eigenvalue weighted by atomic mass is 10.1. The first-order valence-corrected chi connectivity index (χ1v) is 35.1. The van der Waals surface area contributed by atoms with Gasteiger partial charge < -0.3 is 50.0 Å². The van der Waals surface area contributed by atoms with Gasteiger partial charge in [-0.3, -0.25) is 14.4 Å². The zero-order valence-corrected chi connectivity index (χ0v) is 59.3. The summed E-state index contributed by atoms with van der Waals surface area (Å²) in [4.78, 5) is 78.8. The number of carbonyl (C=O) groups is 3. The van der Waals surface area contributed by atoms with Crippen molar-refractivity contribution in [1.82, 2.24) is 74.0 Å². The van der Waals surface area contributed by atoms with Gasteiger partial charge in [0, 0.05) is 122 Å². The molecular formula is C79H67Cl3F3N17O5. The molecule has 2 saturated heterocycles. The molecular weight excluding hydrogens is 1430 g/mol. The van der Waals surface area contributed by atoms with E-state index in [0.717, 1.165) is 65.1 Å². The maximum Gasteiger partial charge on any atom is 0.252 e. The van der Waals surface area contributed by atoms with Gasteiger partial charge in [-0.25, -0.2) is 58.0 Å². The van der Waals surface area contributed by atoms with Gasteiger partial charge in [0.05, 0.1) is 45.3 Å². The van der Waals surface area contributed by atoms with Gasteiger partial charge in [-0.1, -0.05) is 41.4 Å². The van der Waals surface area contributed by atoms with Gasteiger partial charge in [-0.15, -0.1) is 0 Å². The van der Waals surface area contributed by atoms with Crippen molar-refractivity contribution < 1.29 is 37.8 Å². The number of hydrogen-bond donors (Lipinski definition) is 6. The molecule has 22 nitrogen and oxygen atoms in total. The van der Waals surface area contributed by atoms with Crippen molar-refractivity contribution in [2.75, 3.05) is 31.1 Å². The number of imidazole rings is 3. The first-order valence-electron chi connectivity index (χ1n) is 34.0. The fourth-order valence-corrected chi connectivity index (χ4v) is 12.4. The summed E-state index contributed by atoms with van der Waals surface area (Å²) < 4.78 is 45.6. The second kappa shape index (κ2) is 34.0. The number of pyridine rings is 3. The molecule has 7 N–H and O–H groups in total.